The van der Waals surface area contributed by atoms with E-state index in [4.69, 9.17) is 4.74 Å². The number of nitrogens with zero attached hydrogens (tertiary/aromatic N) is 1. The molecule has 5 nitrogen and oxygen atoms in total. The summed E-state index contributed by atoms with van der Waals surface area (Å²) in [6.45, 7) is 1.56. The van der Waals surface area contributed by atoms with Gasteiger partial charge >= 0.3 is 18.5 Å². The van der Waals surface area contributed by atoms with Crippen LogP contribution in [0.4, 0.5) is 22.0 Å². The molecule has 1 aromatic heterocycles. The van der Waals surface area contributed by atoms with Crippen molar-refractivity contribution < 1.29 is 41.3 Å². The van der Waals surface area contributed by atoms with E-state index < -0.39 is 42.2 Å². The predicted molar refractivity (Wildman–Crippen MR) is 91.0 cm³/mol. The number of carbonyl (C=O) groups is 1. The van der Waals surface area contributed by atoms with Crippen LogP contribution >= 0.6 is 0 Å². The first-order valence-corrected chi connectivity index (χ1v) is 8.54. The standard InChI is InChI=1S/C19H18F5NO4/c1-2-28-17(27)14(16(26)12-6-7-25-15(20)10-12)9-11-4-3-5-13(8-11)29-19(23,24)18(21)22/h3-8,10,14,16,18,26H,2,9H2,1H3. The van der Waals surface area contributed by atoms with Crippen LogP contribution in [0.2, 0.25) is 0 Å². The number of pyridine rings is 1. The summed E-state index contributed by atoms with van der Waals surface area (Å²) in [5.74, 6) is -3.43. The highest BCUT2D eigenvalue weighted by atomic mass is 19.3. The number of hydrogen-bond donors (Lipinski definition) is 1. The van der Waals surface area contributed by atoms with Crippen molar-refractivity contribution >= 4 is 5.97 Å². The van der Waals surface area contributed by atoms with E-state index in [0.717, 1.165) is 24.4 Å². The van der Waals surface area contributed by atoms with Gasteiger partial charge in [0.15, 0.2) is 0 Å². The number of alkyl halides is 4. The number of benzene rings is 1. The van der Waals surface area contributed by atoms with Crippen molar-refractivity contribution in [1.29, 1.82) is 0 Å². The molecule has 2 aromatic rings. The molecule has 158 valence electrons. The van der Waals surface area contributed by atoms with Crippen LogP contribution < -0.4 is 4.74 Å². The summed E-state index contributed by atoms with van der Waals surface area (Å²) in [6.07, 6.45) is -9.30. The maximum atomic E-state index is 13.4. The van der Waals surface area contributed by atoms with Crippen LogP contribution in [0.15, 0.2) is 42.6 Å². The molecule has 0 fully saturated rings. The SMILES string of the molecule is CCOC(=O)C(Cc1cccc(OC(F)(F)C(F)F)c1)C(O)c1ccnc(F)c1. The second kappa shape index (κ2) is 9.64. The van der Waals surface area contributed by atoms with Gasteiger partial charge in [-0.3, -0.25) is 4.79 Å². The van der Waals surface area contributed by atoms with Crippen LogP contribution in [0.25, 0.3) is 0 Å². The molecule has 1 aromatic carbocycles. The zero-order valence-electron chi connectivity index (χ0n) is 15.2. The van der Waals surface area contributed by atoms with E-state index in [2.05, 4.69) is 9.72 Å². The third-order valence-corrected chi connectivity index (χ3v) is 3.92. The van der Waals surface area contributed by atoms with Crippen molar-refractivity contribution in [3.05, 3.63) is 59.7 Å². The van der Waals surface area contributed by atoms with Crippen molar-refractivity contribution in [3.63, 3.8) is 0 Å². The van der Waals surface area contributed by atoms with Gasteiger partial charge in [-0.25, -0.2) is 4.98 Å². The van der Waals surface area contributed by atoms with Gasteiger partial charge in [0.2, 0.25) is 5.95 Å². The molecule has 0 radical (unpaired) electrons. The Labute approximate surface area is 163 Å². The molecular weight excluding hydrogens is 401 g/mol. The molecule has 2 unspecified atom stereocenters. The van der Waals surface area contributed by atoms with Crippen molar-refractivity contribution in [2.24, 2.45) is 5.92 Å². The summed E-state index contributed by atoms with van der Waals surface area (Å²) >= 11 is 0. The molecule has 0 spiro atoms. The first kappa shape index (κ1) is 22.5. The molecule has 0 bridgehead atoms. The average Bonchev–Trinajstić information content (AvgIpc) is 2.65. The lowest BCUT2D eigenvalue weighted by molar-refractivity contribution is -0.253. The highest BCUT2D eigenvalue weighted by Crippen LogP contribution is 2.31. The Bertz CT molecular complexity index is 834. The molecule has 0 aliphatic heterocycles. The number of aromatic nitrogens is 1. The third-order valence-electron chi connectivity index (χ3n) is 3.92. The van der Waals surface area contributed by atoms with Gasteiger partial charge in [0.1, 0.15) is 5.75 Å². The van der Waals surface area contributed by atoms with Gasteiger partial charge in [-0.1, -0.05) is 12.1 Å². The summed E-state index contributed by atoms with van der Waals surface area (Å²) in [6, 6.07) is 7.05. The Morgan fingerprint density at radius 3 is 2.59 bits per heavy atom. The van der Waals surface area contributed by atoms with Crippen LogP contribution in [0.1, 0.15) is 24.2 Å². The first-order valence-electron chi connectivity index (χ1n) is 8.54. The minimum atomic E-state index is -4.69. The number of halogens is 5. The fraction of sp³-hybridized carbons (Fsp3) is 0.368. The number of ether oxygens (including phenoxy) is 2. The van der Waals surface area contributed by atoms with Gasteiger partial charge < -0.3 is 14.6 Å². The number of hydrogen-bond acceptors (Lipinski definition) is 5. The highest BCUT2D eigenvalue weighted by molar-refractivity contribution is 5.74. The molecule has 0 aliphatic rings. The van der Waals surface area contributed by atoms with E-state index in [9.17, 15) is 31.9 Å². The molecule has 1 N–H and O–H groups in total. The van der Waals surface area contributed by atoms with Crippen molar-refractivity contribution in [1.82, 2.24) is 4.98 Å². The fourth-order valence-electron chi connectivity index (χ4n) is 2.60. The molecule has 2 rings (SSSR count). The Balaban J connectivity index is 2.27. The molecule has 0 amide bonds. The largest absolute Gasteiger partial charge is 0.466 e. The number of aliphatic hydroxyl groups is 1. The monoisotopic (exact) mass is 419 g/mol. The lowest BCUT2D eigenvalue weighted by Gasteiger charge is -2.22. The molecule has 29 heavy (non-hydrogen) atoms. The summed E-state index contributed by atoms with van der Waals surface area (Å²) in [7, 11) is 0. The normalized spacial score (nSPS) is 13.8. The molecule has 0 saturated heterocycles. The summed E-state index contributed by atoms with van der Waals surface area (Å²) in [5, 5.41) is 10.5. The maximum Gasteiger partial charge on any atom is 0.461 e. The lowest BCUT2D eigenvalue weighted by Crippen LogP contribution is -2.33. The molecule has 10 heteroatoms. The van der Waals surface area contributed by atoms with E-state index in [1.54, 1.807) is 6.92 Å². The molecule has 1 heterocycles. The quantitative estimate of drug-likeness (QED) is 0.379. The predicted octanol–water partition coefficient (Wildman–Crippen LogP) is 3.91. The Hall–Kier alpha value is -2.75. The molecule has 0 aliphatic carbocycles. The van der Waals surface area contributed by atoms with Crippen LogP contribution in [0.3, 0.4) is 0 Å². The smallest absolute Gasteiger partial charge is 0.461 e. The van der Waals surface area contributed by atoms with Gasteiger partial charge in [0.25, 0.3) is 0 Å². The number of esters is 1. The molecular formula is C19H18F5NO4. The third kappa shape index (κ3) is 6.11. The number of carbonyl (C=O) groups excluding carboxylic acids is 1. The van der Waals surface area contributed by atoms with E-state index >= 15 is 0 Å². The van der Waals surface area contributed by atoms with Gasteiger partial charge in [-0.05, 0) is 48.7 Å². The van der Waals surface area contributed by atoms with Crippen molar-refractivity contribution in [3.8, 4) is 5.75 Å². The van der Waals surface area contributed by atoms with Crippen molar-refractivity contribution in [2.75, 3.05) is 6.61 Å². The Morgan fingerprint density at radius 1 is 1.24 bits per heavy atom. The molecule has 0 saturated carbocycles. The van der Waals surface area contributed by atoms with Gasteiger partial charge in [0.05, 0.1) is 18.6 Å². The Kier molecular flexibility index (Phi) is 7.49. The second-order valence-electron chi connectivity index (χ2n) is 6.03. The van der Waals surface area contributed by atoms with Gasteiger partial charge in [-0.15, -0.1) is 0 Å². The van der Waals surface area contributed by atoms with E-state index in [-0.39, 0.29) is 24.2 Å². The van der Waals surface area contributed by atoms with Crippen LogP contribution in [0.5, 0.6) is 5.75 Å². The minimum absolute atomic E-state index is 0.0104. The Morgan fingerprint density at radius 2 is 1.97 bits per heavy atom. The van der Waals surface area contributed by atoms with E-state index in [0.29, 0.717) is 0 Å². The zero-order chi connectivity index (χ0) is 21.6. The minimum Gasteiger partial charge on any atom is -0.466 e. The number of aliphatic hydroxyl groups excluding tert-OH is 1. The van der Waals surface area contributed by atoms with Crippen LogP contribution in [-0.2, 0) is 16.0 Å². The number of rotatable bonds is 9. The zero-order valence-corrected chi connectivity index (χ0v) is 15.2. The maximum absolute atomic E-state index is 13.4. The van der Waals surface area contributed by atoms with Gasteiger partial charge in [0, 0.05) is 6.20 Å². The van der Waals surface area contributed by atoms with Crippen LogP contribution in [0, 0.1) is 11.9 Å². The summed E-state index contributed by atoms with van der Waals surface area (Å²) < 4.78 is 73.2. The van der Waals surface area contributed by atoms with E-state index in [1.807, 2.05) is 0 Å². The second-order valence-corrected chi connectivity index (χ2v) is 6.03. The highest BCUT2D eigenvalue weighted by Gasteiger charge is 2.44. The lowest BCUT2D eigenvalue weighted by atomic mass is 9.90. The first-order chi connectivity index (χ1) is 13.6. The van der Waals surface area contributed by atoms with Gasteiger partial charge in [-0.2, -0.15) is 22.0 Å². The molecule has 2 atom stereocenters. The van der Waals surface area contributed by atoms with E-state index in [1.165, 1.54) is 18.2 Å². The van der Waals surface area contributed by atoms with Crippen LogP contribution in [-0.4, -0.2) is 35.2 Å². The van der Waals surface area contributed by atoms with Crippen molar-refractivity contribution in [2.45, 2.75) is 32.0 Å². The fourth-order valence-corrected chi connectivity index (χ4v) is 2.60. The summed E-state index contributed by atoms with van der Waals surface area (Å²) in [5.41, 5.74) is 0.298. The topological polar surface area (TPSA) is 68.7 Å². The average molecular weight is 419 g/mol. The summed E-state index contributed by atoms with van der Waals surface area (Å²) in [4.78, 5) is 15.7.